The summed E-state index contributed by atoms with van der Waals surface area (Å²) < 4.78 is 31.6. The van der Waals surface area contributed by atoms with E-state index in [1.807, 2.05) is 0 Å². The summed E-state index contributed by atoms with van der Waals surface area (Å²) in [5.74, 6) is -3.65. The van der Waals surface area contributed by atoms with Gasteiger partial charge in [0, 0.05) is 17.1 Å². The van der Waals surface area contributed by atoms with Gasteiger partial charge >= 0.3 is 103 Å². The van der Waals surface area contributed by atoms with Crippen molar-refractivity contribution in [2.75, 3.05) is 0 Å². The van der Waals surface area contributed by atoms with Crippen molar-refractivity contribution in [3.8, 4) is 0 Å². The van der Waals surface area contributed by atoms with E-state index in [2.05, 4.69) is 0 Å². The van der Waals surface area contributed by atoms with Crippen molar-refractivity contribution in [3.63, 3.8) is 0 Å². The Kier molecular flexibility index (Phi) is 31.8. The first-order valence-electron chi connectivity index (χ1n) is 1.80. The van der Waals surface area contributed by atoms with Crippen LogP contribution >= 0.6 is 0 Å². The molecular formula is C2H6FeKNaO8S. The van der Waals surface area contributed by atoms with Crippen molar-refractivity contribution in [1.29, 1.82) is 0 Å². The summed E-state index contributed by atoms with van der Waals surface area (Å²) in [6.45, 7) is 0. The molecule has 0 fully saturated rings. The van der Waals surface area contributed by atoms with Gasteiger partial charge in [0.1, 0.15) is 0 Å². The monoisotopic (exact) mass is 308 g/mol. The molecule has 0 spiro atoms. The van der Waals surface area contributed by atoms with Crippen molar-refractivity contribution in [3.05, 3.63) is 0 Å². The Hall–Kier alpha value is 1.97. The van der Waals surface area contributed by atoms with Crippen LogP contribution in [0.1, 0.15) is 0 Å². The molecule has 0 heterocycles. The number of hydrogen-bond acceptors (Lipinski definition) is 4. The average molecular weight is 308 g/mol. The van der Waals surface area contributed by atoms with Gasteiger partial charge in [0.15, 0.2) is 0 Å². The van der Waals surface area contributed by atoms with E-state index in [4.69, 9.17) is 37.3 Å². The molecule has 0 unspecified atom stereocenters. The number of aliphatic carboxylic acids is 2. The van der Waals surface area contributed by atoms with E-state index < -0.39 is 22.3 Å². The number of hydrogen-bond donors (Lipinski definition) is 4. The molecule has 0 saturated heterocycles. The van der Waals surface area contributed by atoms with Crippen molar-refractivity contribution < 1.29 is 54.4 Å². The molecule has 12 heteroatoms. The summed E-state index contributed by atoms with van der Waals surface area (Å²) in [4.78, 5) is 18.2. The molecule has 0 bridgehead atoms. The van der Waals surface area contributed by atoms with E-state index in [9.17, 15) is 0 Å². The molecule has 0 atom stereocenters. The molecule has 0 aliphatic heterocycles. The van der Waals surface area contributed by atoms with Crippen LogP contribution in [0.25, 0.3) is 0 Å². The third kappa shape index (κ3) is 66.0. The molecule has 0 aliphatic rings. The van der Waals surface area contributed by atoms with Gasteiger partial charge in [-0.15, -0.1) is 0 Å². The molecule has 4 N–H and O–H groups in total. The Morgan fingerprint density at radius 1 is 0.929 bits per heavy atom. The van der Waals surface area contributed by atoms with Crippen LogP contribution in [0.5, 0.6) is 0 Å². The fraction of sp³-hybridized carbons (Fsp3) is 0. The second kappa shape index (κ2) is 15.0. The molecule has 0 radical (unpaired) electrons. The normalized spacial score (nSPS) is 7.29. The Morgan fingerprint density at radius 3 is 1.00 bits per heavy atom. The topological polar surface area (TPSA) is 149 Å². The third-order valence-corrected chi connectivity index (χ3v) is 0.183. The van der Waals surface area contributed by atoms with Crippen LogP contribution in [-0.4, -0.2) is 121 Å². The zero-order valence-corrected chi connectivity index (χ0v) is 7.10. The van der Waals surface area contributed by atoms with Crippen molar-refractivity contribution in [2.24, 2.45) is 0 Å². The molecule has 0 aromatic heterocycles. The van der Waals surface area contributed by atoms with E-state index in [0.29, 0.717) is 0 Å². The first kappa shape index (κ1) is 29.7. The van der Waals surface area contributed by atoms with Gasteiger partial charge in [0.25, 0.3) is 0 Å². The van der Waals surface area contributed by atoms with E-state index in [0.717, 1.165) is 0 Å². The zero-order chi connectivity index (χ0) is 9.65. The van der Waals surface area contributed by atoms with Crippen LogP contribution in [0.4, 0.5) is 0 Å². The van der Waals surface area contributed by atoms with E-state index in [1.54, 1.807) is 0 Å². The standard InChI is InChI=1S/C2H2O4.Fe.K.Na.H2O4S.2H/c3-1(4)2(5)6;;;;1-5(2,3)4;;/h(H,3,4)(H,5,6);;;;(H2,1,2,3,4);;. The van der Waals surface area contributed by atoms with Crippen LogP contribution < -0.4 is 0 Å². The number of rotatable bonds is 0. The van der Waals surface area contributed by atoms with E-state index in [1.165, 1.54) is 0 Å². The van der Waals surface area contributed by atoms with Gasteiger partial charge < -0.3 is 10.2 Å². The van der Waals surface area contributed by atoms with Gasteiger partial charge in [-0.05, 0) is 0 Å². The Bertz CT molecular complexity index is 230. The molecule has 0 aliphatic carbocycles. The number of carboxylic acids is 2. The fourth-order valence-electron chi connectivity index (χ4n) is 0. The van der Waals surface area contributed by atoms with Crippen LogP contribution in [0.2, 0.25) is 0 Å². The quantitative estimate of drug-likeness (QED) is 0.213. The van der Waals surface area contributed by atoms with Crippen LogP contribution in [0.15, 0.2) is 0 Å². The molecule has 0 amide bonds. The van der Waals surface area contributed by atoms with Gasteiger partial charge in [-0.1, -0.05) is 0 Å². The molecule has 0 aromatic rings. The number of carbonyl (C=O) groups is 2. The maximum atomic E-state index is 9.10. The summed E-state index contributed by atoms with van der Waals surface area (Å²) in [6, 6.07) is 0. The minimum atomic E-state index is -4.67. The van der Waals surface area contributed by atoms with Crippen molar-refractivity contribution in [2.45, 2.75) is 0 Å². The molecule has 0 aromatic carbocycles. The van der Waals surface area contributed by atoms with Crippen molar-refractivity contribution >= 4 is 103 Å². The third-order valence-electron chi connectivity index (χ3n) is 0.183. The molecule has 78 valence electrons. The Balaban J connectivity index is -0.0000000321. The fourth-order valence-corrected chi connectivity index (χ4v) is 0. The Morgan fingerprint density at radius 2 is 1.00 bits per heavy atom. The van der Waals surface area contributed by atoms with Crippen LogP contribution in [0, 0.1) is 0 Å². The molecule has 0 rings (SSSR count). The average Bonchev–Trinajstić information content (AvgIpc) is 1.59. The van der Waals surface area contributed by atoms with Crippen LogP contribution in [-0.2, 0) is 37.1 Å². The summed E-state index contributed by atoms with van der Waals surface area (Å²) in [5, 5.41) is 14.8. The summed E-state index contributed by atoms with van der Waals surface area (Å²) in [6.07, 6.45) is 0. The van der Waals surface area contributed by atoms with Gasteiger partial charge in [0.2, 0.25) is 0 Å². The summed E-state index contributed by atoms with van der Waals surface area (Å²) in [5.41, 5.74) is 0. The van der Waals surface area contributed by atoms with Gasteiger partial charge in [0.05, 0.1) is 0 Å². The molecule has 14 heavy (non-hydrogen) atoms. The summed E-state index contributed by atoms with van der Waals surface area (Å²) >= 11 is 0. The SMILES string of the molecule is O=C(O)C(=O)O.O=S(=O)(O)O.[Fe].[KH].[NaH]. The van der Waals surface area contributed by atoms with Gasteiger partial charge in [-0.2, -0.15) is 8.42 Å². The molecule has 8 nitrogen and oxygen atoms in total. The first-order valence-corrected chi connectivity index (χ1v) is 3.20. The van der Waals surface area contributed by atoms with Gasteiger partial charge in [-0.25, -0.2) is 9.59 Å². The second-order valence-corrected chi connectivity index (χ2v) is 1.95. The van der Waals surface area contributed by atoms with E-state index >= 15 is 0 Å². The van der Waals surface area contributed by atoms with Crippen LogP contribution in [0.3, 0.4) is 0 Å². The number of carboxylic acid groups (broad SMARTS) is 2. The Labute approximate surface area is 155 Å². The minimum absolute atomic E-state index is 0. The molecule has 0 saturated carbocycles. The van der Waals surface area contributed by atoms with E-state index in [-0.39, 0.29) is 98.0 Å². The maximum absolute atomic E-state index is 9.10. The predicted octanol–water partition coefficient (Wildman–Crippen LogP) is -2.80. The van der Waals surface area contributed by atoms with Crippen molar-refractivity contribution in [1.82, 2.24) is 0 Å². The zero-order valence-electron chi connectivity index (χ0n) is 5.18. The predicted molar refractivity (Wildman–Crippen MR) is 43.7 cm³/mol. The van der Waals surface area contributed by atoms with Gasteiger partial charge in [-0.3, -0.25) is 9.11 Å². The first-order chi connectivity index (χ1) is 4.64. The summed E-state index contributed by atoms with van der Waals surface area (Å²) in [7, 11) is -4.67. The second-order valence-electron chi connectivity index (χ2n) is 1.06. The molecular weight excluding hydrogens is 302 g/mol.